The summed E-state index contributed by atoms with van der Waals surface area (Å²) in [6.45, 7) is -0.684. The van der Waals surface area contributed by atoms with Crippen molar-refractivity contribution in [3.05, 3.63) is 90.2 Å². The number of halogens is 1. The number of para-hydroxylation sites is 2. The van der Waals surface area contributed by atoms with Gasteiger partial charge >= 0.3 is 0 Å². The number of rotatable bonds is 8. The fourth-order valence-electron chi connectivity index (χ4n) is 4.29. The molecule has 2 N–H and O–H groups in total. The fourth-order valence-corrected chi connectivity index (χ4v) is 5.74. The normalized spacial score (nSPS) is 14.1. The largest absolute Gasteiger partial charge is 0.349 e. The smallest absolute Gasteiger partial charge is 0.264 e. The number of nitrogens with one attached hydrogen (secondary N) is 2. The molecule has 188 valence electrons. The van der Waals surface area contributed by atoms with Crippen LogP contribution >= 0.6 is 0 Å². The Morgan fingerprint density at radius 2 is 1.50 bits per heavy atom. The Morgan fingerprint density at radius 1 is 0.861 bits per heavy atom. The summed E-state index contributed by atoms with van der Waals surface area (Å²) in [5.41, 5.74) is 0.279. The molecule has 0 aliphatic heterocycles. The van der Waals surface area contributed by atoms with Crippen LogP contribution in [-0.2, 0) is 14.8 Å². The van der Waals surface area contributed by atoms with Gasteiger partial charge in [-0.2, -0.15) is 0 Å². The molecule has 0 radical (unpaired) electrons. The number of carbonyl (C=O) groups is 2. The van der Waals surface area contributed by atoms with Crippen LogP contribution in [-0.4, -0.2) is 32.8 Å². The highest BCUT2D eigenvalue weighted by Gasteiger charge is 2.29. The van der Waals surface area contributed by atoms with E-state index in [0.717, 1.165) is 42.5 Å². The SMILES string of the molecule is O=C(CN(c1ccccc1F)S(=O)(=O)c1ccccc1)Nc1ccccc1C(=O)NC1CCCCC1. The van der Waals surface area contributed by atoms with Crippen LogP contribution in [0.1, 0.15) is 42.5 Å². The molecule has 0 heterocycles. The summed E-state index contributed by atoms with van der Waals surface area (Å²) in [5, 5.41) is 5.67. The zero-order valence-corrected chi connectivity index (χ0v) is 20.5. The molecule has 3 aromatic rings. The van der Waals surface area contributed by atoms with E-state index in [-0.39, 0.29) is 33.8 Å². The Labute approximate surface area is 210 Å². The van der Waals surface area contributed by atoms with Crippen LogP contribution in [0.25, 0.3) is 0 Å². The maximum Gasteiger partial charge on any atom is 0.264 e. The highest BCUT2D eigenvalue weighted by atomic mass is 32.2. The van der Waals surface area contributed by atoms with E-state index < -0.39 is 28.3 Å². The summed E-state index contributed by atoms with van der Waals surface area (Å²) in [6, 6.07) is 19.5. The van der Waals surface area contributed by atoms with Gasteiger partial charge in [-0.1, -0.05) is 61.7 Å². The number of anilines is 2. The van der Waals surface area contributed by atoms with E-state index in [1.165, 1.54) is 30.3 Å². The van der Waals surface area contributed by atoms with Crippen LogP contribution in [0.15, 0.2) is 83.8 Å². The average molecular weight is 510 g/mol. The van der Waals surface area contributed by atoms with Gasteiger partial charge in [0.1, 0.15) is 12.4 Å². The number of hydrogen-bond donors (Lipinski definition) is 2. The first-order valence-electron chi connectivity index (χ1n) is 11.9. The van der Waals surface area contributed by atoms with Gasteiger partial charge in [0.15, 0.2) is 0 Å². The Kier molecular flexibility index (Phi) is 8.00. The predicted octanol–water partition coefficient (Wildman–Crippen LogP) is 4.72. The zero-order valence-electron chi connectivity index (χ0n) is 19.7. The van der Waals surface area contributed by atoms with Gasteiger partial charge in [0.2, 0.25) is 5.91 Å². The highest BCUT2D eigenvalue weighted by Crippen LogP contribution is 2.26. The number of benzene rings is 3. The molecule has 0 atom stereocenters. The Hall–Kier alpha value is -3.72. The van der Waals surface area contributed by atoms with Crippen molar-refractivity contribution in [2.45, 2.75) is 43.0 Å². The maximum atomic E-state index is 14.7. The van der Waals surface area contributed by atoms with Crippen LogP contribution in [0.5, 0.6) is 0 Å². The summed E-state index contributed by atoms with van der Waals surface area (Å²) < 4.78 is 42.2. The van der Waals surface area contributed by atoms with E-state index in [1.54, 1.807) is 42.5 Å². The third kappa shape index (κ3) is 5.91. The molecule has 1 aliphatic carbocycles. The summed E-state index contributed by atoms with van der Waals surface area (Å²) in [5.74, 6) is -1.80. The molecule has 3 aromatic carbocycles. The molecule has 0 spiro atoms. The third-order valence-electron chi connectivity index (χ3n) is 6.13. The molecular weight excluding hydrogens is 481 g/mol. The van der Waals surface area contributed by atoms with Gasteiger partial charge in [-0.05, 0) is 49.2 Å². The molecule has 0 saturated heterocycles. The average Bonchev–Trinajstić information content (AvgIpc) is 2.89. The van der Waals surface area contributed by atoms with Crippen molar-refractivity contribution in [1.29, 1.82) is 0 Å². The molecule has 9 heteroatoms. The standard InChI is InChI=1S/C27H28FN3O4S/c28-23-16-8-10-18-25(23)31(36(34,35)21-13-5-2-6-14-21)19-26(32)30-24-17-9-7-15-22(24)27(33)29-20-11-3-1-4-12-20/h2,5-10,13-18,20H,1,3-4,11-12,19H2,(H,29,33)(H,30,32). The number of nitrogens with zero attached hydrogens (tertiary/aromatic N) is 1. The second-order valence-corrected chi connectivity index (χ2v) is 10.5. The fraction of sp³-hybridized carbons (Fsp3) is 0.259. The van der Waals surface area contributed by atoms with Crippen LogP contribution in [0.3, 0.4) is 0 Å². The first-order chi connectivity index (χ1) is 17.4. The van der Waals surface area contributed by atoms with Crippen molar-refractivity contribution in [3.8, 4) is 0 Å². The molecule has 0 bridgehead atoms. The number of sulfonamides is 1. The van der Waals surface area contributed by atoms with Crippen molar-refractivity contribution >= 4 is 33.2 Å². The van der Waals surface area contributed by atoms with Crippen LogP contribution in [0, 0.1) is 5.82 Å². The third-order valence-corrected chi connectivity index (χ3v) is 7.90. The number of carbonyl (C=O) groups excluding carboxylic acids is 2. The minimum atomic E-state index is -4.26. The molecule has 7 nitrogen and oxygen atoms in total. The van der Waals surface area contributed by atoms with E-state index in [0.29, 0.717) is 0 Å². The van der Waals surface area contributed by atoms with Crippen LogP contribution < -0.4 is 14.9 Å². The van der Waals surface area contributed by atoms with Crippen molar-refractivity contribution in [2.75, 3.05) is 16.2 Å². The highest BCUT2D eigenvalue weighted by molar-refractivity contribution is 7.92. The van der Waals surface area contributed by atoms with Crippen molar-refractivity contribution in [3.63, 3.8) is 0 Å². The molecule has 1 aliphatic rings. The minimum Gasteiger partial charge on any atom is -0.349 e. The lowest BCUT2D eigenvalue weighted by Crippen LogP contribution is -2.39. The first kappa shape index (κ1) is 25.4. The lowest BCUT2D eigenvalue weighted by Gasteiger charge is -2.25. The topological polar surface area (TPSA) is 95.6 Å². The molecule has 4 rings (SSSR count). The lowest BCUT2D eigenvalue weighted by atomic mass is 9.95. The predicted molar refractivity (Wildman–Crippen MR) is 137 cm³/mol. The van der Waals surface area contributed by atoms with E-state index in [9.17, 15) is 22.4 Å². The van der Waals surface area contributed by atoms with E-state index in [1.807, 2.05) is 0 Å². The quantitative estimate of drug-likeness (QED) is 0.459. The number of hydrogen-bond acceptors (Lipinski definition) is 4. The molecule has 0 unspecified atom stereocenters. The van der Waals surface area contributed by atoms with E-state index in [4.69, 9.17) is 0 Å². The Bertz CT molecular complexity index is 1330. The number of amides is 2. The van der Waals surface area contributed by atoms with Gasteiger partial charge in [0.25, 0.3) is 15.9 Å². The molecular formula is C27H28FN3O4S. The summed E-state index contributed by atoms with van der Waals surface area (Å²) >= 11 is 0. The first-order valence-corrected chi connectivity index (χ1v) is 13.3. The lowest BCUT2D eigenvalue weighted by molar-refractivity contribution is -0.114. The summed E-state index contributed by atoms with van der Waals surface area (Å²) in [4.78, 5) is 25.9. The molecule has 0 aromatic heterocycles. The Balaban J connectivity index is 1.57. The van der Waals surface area contributed by atoms with E-state index >= 15 is 0 Å². The zero-order chi connectivity index (χ0) is 25.5. The molecule has 1 fully saturated rings. The van der Waals surface area contributed by atoms with Crippen molar-refractivity contribution in [2.24, 2.45) is 0 Å². The van der Waals surface area contributed by atoms with Crippen molar-refractivity contribution in [1.82, 2.24) is 5.32 Å². The Morgan fingerprint density at radius 3 is 2.22 bits per heavy atom. The minimum absolute atomic E-state index is 0.0756. The summed E-state index contributed by atoms with van der Waals surface area (Å²) in [7, 11) is -4.26. The van der Waals surface area contributed by atoms with Gasteiger partial charge in [-0.15, -0.1) is 0 Å². The van der Waals surface area contributed by atoms with Gasteiger partial charge in [-0.25, -0.2) is 12.8 Å². The monoisotopic (exact) mass is 509 g/mol. The summed E-state index contributed by atoms with van der Waals surface area (Å²) in [6.07, 6.45) is 5.10. The molecule has 1 saturated carbocycles. The van der Waals surface area contributed by atoms with Crippen LogP contribution in [0.4, 0.5) is 15.8 Å². The molecule has 2 amide bonds. The van der Waals surface area contributed by atoms with Gasteiger partial charge in [-0.3, -0.25) is 13.9 Å². The van der Waals surface area contributed by atoms with Gasteiger partial charge in [0, 0.05) is 6.04 Å². The van der Waals surface area contributed by atoms with Gasteiger partial charge < -0.3 is 10.6 Å². The molecule has 36 heavy (non-hydrogen) atoms. The van der Waals surface area contributed by atoms with Crippen LogP contribution in [0.2, 0.25) is 0 Å². The second kappa shape index (κ2) is 11.3. The van der Waals surface area contributed by atoms with Gasteiger partial charge in [0.05, 0.1) is 21.8 Å². The van der Waals surface area contributed by atoms with Crippen molar-refractivity contribution < 1.29 is 22.4 Å². The maximum absolute atomic E-state index is 14.7. The van der Waals surface area contributed by atoms with E-state index in [2.05, 4.69) is 10.6 Å². The second-order valence-electron chi connectivity index (χ2n) is 8.68.